The van der Waals surface area contributed by atoms with E-state index in [0.29, 0.717) is 35.0 Å². The van der Waals surface area contributed by atoms with Crippen molar-refractivity contribution in [1.29, 1.82) is 0 Å². The number of halogens is 3. The third kappa shape index (κ3) is 4.79. The molecule has 1 fully saturated rings. The maximum absolute atomic E-state index is 14.1. The van der Waals surface area contributed by atoms with Crippen LogP contribution in [0.1, 0.15) is 15.9 Å². The number of sulfonamides is 1. The van der Waals surface area contributed by atoms with E-state index >= 15 is 0 Å². The maximum atomic E-state index is 14.1. The van der Waals surface area contributed by atoms with Crippen LogP contribution in [-0.2, 0) is 10.0 Å². The molecule has 1 saturated heterocycles. The van der Waals surface area contributed by atoms with Crippen LogP contribution in [0.15, 0.2) is 70.0 Å². The van der Waals surface area contributed by atoms with Crippen LogP contribution in [-0.4, -0.2) is 59.9 Å². The molecule has 5 rings (SSSR count). The van der Waals surface area contributed by atoms with Gasteiger partial charge in [-0.15, -0.1) is 10.2 Å². The summed E-state index contributed by atoms with van der Waals surface area (Å²) >= 11 is 0. The molecule has 12 heteroatoms. The molecule has 0 unspecified atom stereocenters. The van der Waals surface area contributed by atoms with Gasteiger partial charge in [-0.2, -0.15) is 4.31 Å². The zero-order chi connectivity index (χ0) is 27.0. The lowest BCUT2D eigenvalue weighted by Crippen LogP contribution is -2.50. The molecule has 1 aliphatic rings. The van der Waals surface area contributed by atoms with E-state index in [1.165, 1.54) is 4.90 Å². The lowest BCUT2D eigenvalue weighted by molar-refractivity contribution is 0.0697. The third-order valence-corrected chi connectivity index (χ3v) is 8.16. The van der Waals surface area contributed by atoms with Gasteiger partial charge in [-0.25, -0.2) is 21.6 Å². The van der Waals surface area contributed by atoms with Gasteiger partial charge in [0.05, 0.1) is 0 Å². The monoisotopic (exact) mass is 542 g/mol. The third-order valence-electron chi connectivity index (χ3n) is 6.25. The Kier molecular flexibility index (Phi) is 6.76. The Morgan fingerprint density at radius 3 is 1.92 bits per heavy atom. The van der Waals surface area contributed by atoms with Gasteiger partial charge in [0.2, 0.25) is 21.8 Å². The number of aryl methyl sites for hydroxylation is 1. The minimum absolute atomic E-state index is 0.0364. The zero-order valence-corrected chi connectivity index (χ0v) is 20.9. The van der Waals surface area contributed by atoms with Crippen molar-refractivity contribution in [3.05, 3.63) is 89.2 Å². The van der Waals surface area contributed by atoms with Crippen molar-refractivity contribution in [2.75, 3.05) is 26.2 Å². The number of piperazine rings is 1. The molecule has 1 aliphatic heterocycles. The molecule has 2 heterocycles. The second-order valence-electron chi connectivity index (χ2n) is 8.73. The number of benzene rings is 3. The summed E-state index contributed by atoms with van der Waals surface area (Å²) in [5, 5.41) is 8.16. The number of nitrogens with zero attached hydrogens (tertiary/aromatic N) is 4. The van der Waals surface area contributed by atoms with Gasteiger partial charge >= 0.3 is 0 Å². The standard InChI is InChI=1S/C26H21F3N4O4S/c1-16-2-4-17(5-3-16)24-30-31-25(37-24)18-6-8-19(9-7-18)26(34)32-12-14-33(15-13-32)38(35,36)21-11-10-20(27)22(28)23(21)29/h2-11H,12-15H2,1H3. The first-order valence-electron chi connectivity index (χ1n) is 11.6. The molecular weight excluding hydrogens is 521 g/mol. The van der Waals surface area contributed by atoms with E-state index in [0.717, 1.165) is 15.4 Å². The minimum Gasteiger partial charge on any atom is -0.416 e. The predicted octanol–water partition coefficient (Wildman–Crippen LogP) is 4.28. The first-order valence-corrected chi connectivity index (χ1v) is 13.0. The van der Waals surface area contributed by atoms with Gasteiger partial charge < -0.3 is 9.32 Å². The van der Waals surface area contributed by atoms with Crippen molar-refractivity contribution in [3.63, 3.8) is 0 Å². The lowest BCUT2D eigenvalue weighted by Gasteiger charge is -2.34. The topological polar surface area (TPSA) is 96.6 Å². The summed E-state index contributed by atoms with van der Waals surface area (Å²) in [6, 6.07) is 15.5. The van der Waals surface area contributed by atoms with Gasteiger partial charge in [-0.05, 0) is 55.5 Å². The van der Waals surface area contributed by atoms with Gasteiger partial charge in [0.25, 0.3) is 5.91 Å². The molecule has 0 atom stereocenters. The van der Waals surface area contributed by atoms with E-state index in [2.05, 4.69) is 10.2 Å². The largest absolute Gasteiger partial charge is 0.416 e. The minimum atomic E-state index is -4.41. The highest BCUT2D eigenvalue weighted by atomic mass is 32.2. The summed E-state index contributed by atoms with van der Waals surface area (Å²) in [5.74, 6) is -4.75. The molecule has 0 radical (unpaired) electrons. The smallest absolute Gasteiger partial charge is 0.253 e. The molecule has 0 saturated carbocycles. The van der Waals surface area contributed by atoms with Gasteiger partial charge in [-0.3, -0.25) is 4.79 Å². The van der Waals surface area contributed by atoms with Gasteiger partial charge in [-0.1, -0.05) is 17.7 Å². The van der Waals surface area contributed by atoms with Crippen molar-refractivity contribution in [2.24, 2.45) is 0 Å². The fraction of sp³-hybridized carbons (Fsp3) is 0.192. The number of carbonyl (C=O) groups is 1. The predicted molar refractivity (Wildman–Crippen MR) is 131 cm³/mol. The van der Waals surface area contributed by atoms with Crippen LogP contribution >= 0.6 is 0 Å². The highest BCUT2D eigenvalue weighted by molar-refractivity contribution is 7.89. The number of hydrogen-bond acceptors (Lipinski definition) is 6. The molecule has 8 nitrogen and oxygen atoms in total. The first-order chi connectivity index (χ1) is 18.1. The van der Waals surface area contributed by atoms with Crippen molar-refractivity contribution < 1.29 is 30.8 Å². The molecule has 0 bridgehead atoms. The number of hydrogen-bond donors (Lipinski definition) is 0. The average molecular weight is 543 g/mol. The Morgan fingerprint density at radius 1 is 0.789 bits per heavy atom. The Morgan fingerprint density at radius 2 is 1.34 bits per heavy atom. The summed E-state index contributed by atoms with van der Waals surface area (Å²) in [6.07, 6.45) is 0. The van der Waals surface area contributed by atoms with Crippen LogP contribution in [0.25, 0.3) is 22.9 Å². The van der Waals surface area contributed by atoms with Gasteiger partial charge in [0, 0.05) is 42.9 Å². The summed E-state index contributed by atoms with van der Waals surface area (Å²) in [5.41, 5.74) is 2.88. The van der Waals surface area contributed by atoms with Crippen molar-refractivity contribution in [2.45, 2.75) is 11.8 Å². The van der Waals surface area contributed by atoms with Crippen LogP contribution in [0.5, 0.6) is 0 Å². The summed E-state index contributed by atoms with van der Waals surface area (Å²) in [6.45, 7) is 1.79. The molecule has 4 aromatic rings. The zero-order valence-electron chi connectivity index (χ0n) is 20.1. The molecular formula is C26H21F3N4O4S. The first kappa shape index (κ1) is 25.6. The summed E-state index contributed by atoms with van der Waals surface area (Å²) < 4.78 is 73.1. The molecule has 196 valence electrons. The highest BCUT2D eigenvalue weighted by Crippen LogP contribution is 2.26. The fourth-order valence-corrected chi connectivity index (χ4v) is 5.55. The lowest BCUT2D eigenvalue weighted by atomic mass is 10.1. The van der Waals surface area contributed by atoms with Gasteiger partial charge in [0.1, 0.15) is 4.90 Å². The maximum Gasteiger partial charge on any atom is 0.253 e. The molecule has 38 heavy (non-hydrogen) atoms. The van der Waals surface area contributed by atoms with E-state index in [1.807, 2.05) is 31.2 Å². The average Bonchev–Trinajstić information content (AvgIpc) is 3.42. The molecule has 0 N–H and O–H groups in total. The Hall–Kier alpha value is -4.03. The van der Waals surface area contributed by atoms with E-state index in [9.17, 15) is 26.4 Å². The van der Waals surface area contributed by atoms with E-state index in [4.69, 9.17) is 4.42 Å². The highest BCUT2D eigenvalue weighted by Gasteiger charge is 2.33. The van der Waals surface area contributed by atoms with Gasteiger partial charge in [0.15, 0.2) is 17.5 Å². The number of carbonyl (C=O) groups excluding carboxylic acids is 1. The van der Waals surface area contributed by atoms with Crippen LogP contribution < -0.4 is 0 Å². The summed E-state index contributed by atoms with van der Waals surface area (Å²) in [4.78, 5) is 13.5. The quantitative estimate of drug-likeness (QED) is 0.350. The van der Waals surface area contributed by atoms with Crippen molar-refractivity contribution in [3.8, 4) is 22.9 Å². The van der Waals surface area contributed by atoms with Crippen molar-refractivity contribution in [1.82, 2.24) is 19.4 Å². The normalized spacial score (nSPS) is 14.6. The molecule has 3 aromatic carbocycles. The van der Waals surface area contributed by atoms with Crippen LogP contribution in [0.4, 0.5) is 13.2 Å². The SMILES string of the molecule is Cc1ccc(-c2nnc(-c3ccc(C(=O)N4CCN(S(=O)(=O)c5ccc(F)c(F)c5F)CC4)cc3)o2)cc1. The molecule has 1 aromatic heterocycles. The number of rotatable bonds is 5. The molecule has 0 spiro atoms. The number of amides is 1. The second kappa shape index (κ2) is 10.0. The van der Waals surface area contributed by atoms with Crippen molar-refractivity contribution >= 4 is 15.9 Å². The van der Waals surface area contributed by atoms with Crippen LogP contribution in [0, 0.1) is 24.4 Å². The number of aromatic nitrogens is 2. The van der Waals surface area contributed by atoms with E-state index in [1.54, 1.807) is 24.3 Å². The Bertz CT molecular complexity index is 1600. The Balaban J connectivity index is 1.24. The Labute approximate surface area is 216 Å². The molecule has 1 amide bonds. The second-order valence-corrected chi connectivity index (χ2v) is 10.6. The van der Waals surface area contributed by atoms with E-state index < -0.39 is 32.4 Å². The summed E-state index contributed by atoms with van der Waals surface area (Å²) in [7, 11) is -4.41. The molecule has 0 aliphatic carbocycles. The van der Waals surface area contributed by atoms with Crippen LogP contribution in [0.2, 0.25) is 0 Å². The van der Waals surface area contributed by atoms with Crippen LogP contribution in [0.3, 0.4) is 0 Å². The fourth-order valence-electron chi connectivity index (χ4n) is 4.07. The van der Waals surface area contributed by atoms with E-state index in [-0.39, 0.29) is 32.1 Å².